The van der Waals surface area contributed by atoms with Crippen LogP contribution in [0.25, 0.3) is 0 Å². The van der Waals surface area contributed by atoms with E-state index in [-0.39, 0.29) is 0 Å². The van der Waals surface area contributed by atoms with Crippen molar-refractivity contribution in [3.63, 3.8) is 0 Å². The summed E-state index contributed by atoms with van der Waals surface area (Å²) < 4.78 is 0. The van der Waals surface area contributed by atoms with Crippen LogP contribution < -0.4 is 5.73 Å². The van der Waals surface area contributed by atoms with E-state index >= 15 is 0 Å². The first-order valence-electron chi connectivity index (χ1n) is 2.22. The van der Waals surface area contributed by atoms with Gasteiger partial charge in [0.1, 0.15) is 6.61 Å². The van der Waals surface area contributed by atoms with Crippen molar-refractivity contribution < 1.29 is 4.84 Å². The van der Waals surface area contributed by atoms with Gasteiger partial charge in [-0.3, -0.25) is 0 Å². The number of rotatable bonds is 3. The highest BCUT2D eigenvalue weighted by molar-refractivity contribution is 5.52. The monoisotopic (exact) mass is 102 g/mol. The number of oxime groups is 1. The zero-order chi connectivity index (χ0) is 5.54. The molecule has 0 atom stereocenters. The van der Waals surface area contributed by atoms with Crippen LogP contribution in [0.3, 0.4) is 0 Å². The van der Waals surface area contributed by atoms with Crippen molar-refractivity contribution in [3.8, 4) is 0 Å². The summed E-state index contributed by atoms with van der Waals surface area (Å²) in [7, 11) is 0. The number of nitrogens with zero attached hydrogens (tertiary/aromatic N) is 1. The summed E-state index contributed by atoms with van der Waals surface area (Å²) in [4.78, 5) is 4.58. The van der Waals surface area contributed by atoms with Crippen LogP contribution in [-0.2, 0) is 4.84 Å². The Bertz CT molecular complexity index is 53.7. The summed E-state index contributed by atoms with van der Waals surface area (Å²) in [5.74, 6) is 0. The SMILES string of the molecule is CC=NOCCN. The van der Waals surface area contributed by atoms with Crippen LogP contribution in [0, 0.1) is 0 Å². The smallest absolute Gasteiger partial charge is 0.129 e. The predicted octanol–water partition coefficient (Wildman–Crippen LogP) is -0.0326. The molecule has 3 nitrogen and oxygen atoms in total. The highest BCUT2D eigenvalue weighted by Crippen LogP contribution is 1.67. The van der Waals surface area contributed by atoms with Gasteiger partial charge in [0.05, 0.1) is 0 Å². The normalized spacial score (nSPS) is 10.0. The van der Waals surface area contributed by atoms with Crippen molar-refractivity contribution in [1.82, 2.24) is 0 Å². The maximum atomic E-state index is 5.07. The van der Waals surface area contributed by atoms with Crippen molar-refractivity contribution in [2.45, 2.75) is 6.92 Å². The Morgan fingerprint density at radius 1 is 1.86 bits per heavy atom. The summed E-state index contributed by atoms with van der Waals surface area (Å²) in [6, 6.07) is 0. The summed E-state index contributed by atoms with van der Waals surface area (Å²) >= 11 is 0. The molecule has 0 unspecified atom stereocenters. The summed E-state index contributed by atoms with van der Waals surface area (Å²) in [5, 5.41) is 3.46. The third-order valence-corrected chi connectivity index (χ3v) is 0.389. The van der Waals surface area contributed by atoms with E-state index < -0.39 is 0 Å². The van der Waals surface area contributed by atoms with Gasteiger partial charge < -0.3 is 10.6 Å². The lowest BCUT2D eigenvalue weighted by molar-refractivity contribution is 0.153. The minimum atomic E-state index is 0.504. The molecule has 0 amide bonds. The molecule has 0 aliphatic heterocycles. The van der Waals surface area contributed by atoms with E-state index in [1.807, 2.05) is 0 Å². The van der Waals surface area contributed by atoms with E-state index in [1.165, 1.54) is 0 Å². The maximum Gasteiger partial charge on any atom is 0.129 e. The van der Waals surface area contributed by atoms with Gasteiger partial charge in [-0.1, -0.05) is 5.16 Å². The Hall–Kier alpha value is -0.570. The molecule has 0 aliphatic rings. The first kappa shape index (κ1) is 6.43. The molecule has 0 bridgehead atoms. The van der Waals surface area contributed by atoms with E-state index in [0.717, 1.165) is 0 Å². The Morgan fingerprint density at radius 2 is 2.57 bits per heavy atom. The fourth-order valence-corrected chi connectivity index (χ4v) is 0.180. The van der Waals surface area contributed by atoms with E-state index in [0.29, 0.717) is 13.2 Å². The van der Waals surface area contributed by atoms with Gasteiger partial charge in [0, 0.05) is 12.8 Å². The van der Waals surface area contributed by atoms with Gasteiger partial charge >= 0.3 is 0 Å². The zero-order valence-corrected chi connectivity index (χ0v) is 4.42. The molecule has 0 aromatic carbocycles. The quantitative estimate of drug-likeness (QED) is 0.309. The lowest BCUT2D eigenvalue weighted by Gasteiger charge is -1.89. The van der Waals surface area contributed by atoms with Crippen molar-refractivity contribution in [2.24, 2.45) is 10.9 Å². The first-order valence-corrected chi connectivity index (χ1v) is 2.22. The van der Waals surface area contributed by atoms with Crippen molar-refractivity contribution in [1.29, 1.82) is 0 Å². The fourth-order valence-electron chi connectivity index (χ4n) is 0.180. The fraction of sp³-hybridized carbons (Fsp3) is 0.750. The van der Waals surface area contributed by atoms with Crippen LogP contribution in [-0.4, -0.2) is 19.4 Å². The van der Waals surface area contributed by atoms with Crippen LogP contribution in [0.4, 0.5) is 0 Å². The van der Waals surface area contributed by atoms with Crippen LogP contribution in [0.1, 0.15) is 6.92 Å². The highest BCUT2D eigenvalue weighted by atomic mass is 16.6. The molecule has 0 saturated heterocycles. The lowest BCUT2D eigenvalue weighted by Crippen LogP contribution is -2.05. The number of nitrogens with two attached hydrogens (primary N) is 1. The molecule has 0 saturated carbocycles. The van der Waals surface area contributed by atoms with E-state index in [2.05, 4.69) is 9.99 Å². The van der Waals surface area contributed by atoms with Crippen molar-refractivity contribution >= 4 is 6.21 Å². The summed E-state index contributed by atoms with van der Waals surface area (Å²) in [6.07, 6.45) is 1.58. The van der Waals surface area contributed by atoms with Crippen LogP contribution >= 0.6 is 0 Å². The highest BCUT2D eigenvalue weighted by Gasteiger charge is 1.71. The molecule has 0 aromatic rings. The van der Waals surface area contributed by atoms with Gasteiger partial charge in [0.15, 0.2) is 0 Å². The maximum absolute atomic E-state index is 5.07. The molecule has 0 spiro atoms. The third kappa shape index (κ3) is 5.43. The first-order chi connectivity index (χ1) is 3.41. The molecule has 0 rings (SSSR count). The molecule has 0 radical (unpaired) electrons. The number of hydrogen-bond acceptors (Lipinski definition) is 3. The Balaban J connectivity index is 2.69. The van der Waals surface area contributed by atoms with Gasteiger partial charge in [-0.2, -0.15) is 0 Å². The van der Waals surface area contributed by atoms with Crippen molar-refractivity contribution in [2.75, 3.05) is 13.2 Å². The summed E-state index contributed by atoms with van der Waals surface area (Å²) in [5.41, 5.74) is 5.07. The van der Waals surface area contributed by atoms with Gasteiger partial charge in [-0.25, -0.2) is 0 Å². The Labute approximate surface area is 43.1 Å². The van der Waals surface area contributed by atoms with Gasteiger partial charge in [0.2, 0.25) is 0 Å². The minimum Gasteiger partial charge on any atom is -0.395 e. The van der Waals surface area contributed by atoms with Gasteiger partial charge in [0.25, 0.3) is 0 Å². The molecular formula is C4H10N2O. The second kappa shape index (κ2) is 5.43. The van der Waals surface area contributed by atoms with E-state index in [1.54, 1.807) is 13.1 Å². The zero-order valence-electron chi connectivity index (χ0n) is 4.42. The molecule has 0 fully saturated rings. The molecular weight excluding hydrogens is 92.1 g/mol. The molecule has 0 aromatic heterocycles. The van der Waals surface area contributed by atoms with E-state index in [4.69, 9.17) is 5.73 Å². The molecule has 0 heterocycles. The van der Waals surface area contributed by atoms with Gasteiger partial charge in [-0.15, -0.1) is 0 Å². The Kier molecular flexibility index (Phi) is 4.99. The predicted molar refractivity (Wildman–Crippen MR) is 29.2 cm³/mol. The molecule has 0 aliphatic carbocycles. The Morgan fingerprint density at radius 3 is 3.00 bits per heavy atom. The van der Waals surface area contributed by atoms with Gasteiger partial charge in [-0.05, 0) is 6.92 Å². The average Bonchev–Trinajstić information content (AvgIpc) is 1.69. The molecule has 3 heteroatoms. The molecule has 42 valence electrons. The second-order valence-electron chi connectivity index (χ2n) is 0.986. The van der Waals surface area contributed by atoms with Crippen LogP contribution in [0.5, 0.6) is 0 Å². The largest absolute Gasteiger partial charge is 0.395 e. The summed E-state index contributed by atoms with van der Waals surface area (Å²) in [6.45, 7) is 2.82. The number of hydrogen-bond donors (Lipinski definition) is 1. The minimum absolute atomic E-state index is 0.504. The third-order valence-electron chi connectivity index (χ3n) is 0.389. The lowest BCUT2D eigenvalue weighted by atomic mass is 10.8. The van der Waals surface area contributed by atoms with Crippen LogP contribution in [0.2, 0.25) is 0 Å². The van der Waals surface area contributed by atoms with E-state index in [9.17, 15) is 0 Å². The standard InChI is InChI=1S/C4H10N2O/c1-2-6-7-4-3-5/h2H,3-5H2,1H3. The van der Waals surface area contributed by atoms with Crippen molar-refractivity contribution in [3.05, 3.63) is 0 Å². The topological polar surface area (TPSA) is 47.6 Å². The average molecular weight is 102 g/mol. The second-order valence-corrected chi connectivity index (χ2v) is 0.986. The molecule has 7 heavy (non-hydrogen) atoms. The molecule has 2 N–H and O–H groups in total. The van der Waals surface area contributed by atoms with Crippen LogP contribution in [0.15, 0.2) is 5.16 Å².